The van der Waals surface area contributed by atoms with Crippen LogP contribution in [0.3, 0.4) is 0 Å². The van der Waals surface area contributed by atoms with Crippen LogP contribution in [0.15, 0.2) is 74.7 Å². The quantitative estimate of drug-likeness (QED) is 0.142. The summed E-state index contributed by atoms with van der Waals surface area (Å²) in [5.41, 5.74) is 7.01. The third kappa shape index (κ3) is 4.75. The highest BCUT2D eigenvalue weighted by molar-refractivity contribution is 7.22. The monoisotopic (exact) mass is 578 g/mol. The molecule has 6 heteroatoms. The number of hydrogen-bond donors (Lipinski definition) is 0. The molecule has 0 fully saturated rings. The van der Waals surface area contributed by atoms with Crippen molar-refractivity contribution in [2.45, 2.75) is 39.0 Å². The van der Waals surface area contributed by atoms with Gasteiger partial charge in [-0.25, -0.2) is 0 Å². The third-order valence-electron chi connectivity index (χ3n) is 6.43. The van der Waals surface area contributed by atoms with E-state index in [1.54, 1.807) is 0 Å². The van der Waals surface area contributed by atoms with E-state index in [1.165, 1.54) is 89.2 Å². The zero-order valence-electron chi connectivity index (χ0n) is 20.0. The molecule has 6 rings (SSSR count). The second-order valence-electron chi connectivity index (χ2n) is 8.72. The van der Waals surface area contributed by atoms with Gasteiger partial charge in [0.2, 0.25) is 0 Å². The lowest BCUT2D eigenvalue weighted by Gasteiger charge is -2.09. The normalized spacial score (nSPS) is 11.5. The summed E-state index contributed by atoms with van der Waals surface area (Å²) in [5, 5.41) is 13.5. The molecule has 0 amide bonds. The first-order valence-corrected chi connectivity index (χ1v) is 17.5. The first-order chi connectivity index (χ1) is 17.8. The van der Waals surface area contributed by atoms with Crippen LogP contribution in [-0.2, 0) is 6.42 Å². The van der Waals surface area contributed by atoms with E-state index < -0.39 is 0 Å². The maximum absolute atomic E-state index is 2.35. The largest absolute Gasteiger partial charge is 0.144 e. The van der Waals surface area contributed by atoms with E-state index >= 15 is 0 Å². The zero-order valence-corrected chi connectivity index (χ0v) is 24.9. The van der Waals surface area contributed by atoms with Gasteiger partial charge in [0.15, 0.2) is 0 Å². The highest BCUT2D eigenvalue weighted by atomic mass is 32.1. The molecule has 36 heavy (non-hydrogen) atoms. The van der Waals surface area contributed by atoms with Crippen LogP contribution in [0.2, 0.25) is 0 Å². The van der Waals surface area contributed by atoms with Crippen molar-refractivity contribution in [2.24, 2.45) is 0 Å². The molecule has 0 nitrogen and oxygen atoms in total. The number of hydrogen-bond acceptors (Lipinski definition) is 6. The topological polar surface area (TPSA) is 0 Å². The molecular formula is C30H26S6. The lowest BCUT2D eigenvalue weighted by Crippen LogP contribution is -1.86. The summed E-state index contributed by atoms with van der Waals surface area (Å²) < 4.78 is 0. The van der Waals surface area contributed by atoms with Gasteiger partial charge in [-0.1, -0.05) is 32.3 Å². The van der Waals surface area contributed by atoms with Crippen molar-refractivity contribution in [3.05, 3.63) is 80.3 Å². The summed E-state index contributed by atoms with van der Waals surface area (Å²) in [6.45, 7) is 2.28. The predicted octanol–water partition coefficient (Wildman–Crippen LogP) is 12.5. The van der Waals surface area contributed by atoms with Crippen LogP contribution in [-0.4, -0.2) is 0 Å². The molecule has 0 saturated heterocycles. The van der Waals surface area contributed by atoms with E-state index in [0.29, 0.717) is 0 Å². The average Bonchev–Trinajstić information content (AvgIpc) is 3.71. The van der Waals surface area contributed by atoms with Gasteiger partial charge in [-0.15, -0.1) is 68.0 Å². The van der Waals surface area contributed by atoms with E-state index in [1.807, 2.05) is 68.0 Å². The van der Waals surface area contributed by atoms with Gasteiger partial charge in [-0.05, 0) is 87.1 Å². The smallest absolute Gasteiger partial charge is 0.0532 e. The average molecular weight is 579 g/mol. The molecule has 0 N–H and O–H groups in total. The Morgan fingerprint density at radius 2 is 1.03 bits per heavy atom. The van der Waals surface area contributed by atoms with Gasteiger partial charge in [0.1, 0.15) is 0 Å². The fraction of sp³-hybridized carbons (Fsp3) is 0.200. The summed E-state index contributed by atoms with van der Waals surface area (Å²) in [4.78, 5) is 8.42. The molecule has 6 aromatic heterocycles. The summed E-state index contributed by atoms with van der Waals surface area (Å²) >= 11 is 11.2. The Bertz CT molecular complexity index is 1530. The minimum atomic E-state index is 1.19. The predicted molar refractivity (Wildman–Crippen MR) is 169 cm³/mol. The molecular weight excluding hydrogens is 553 g/mol. The van der Waals surface area contributed by atoms with Crippen LogP contribution >= 0.6 is 68.0 Å². The molecule has 0 aliphatic rings. The second kappa shape index (κ2) is 11.3. The molecule has 6 aromatic rings. The van der Waals surface area contributed by atoms with E-state index in [9.17, 15) is 0 Å². The fourth-order valence-corrected chi connectivity index (χ4v) is 10.6. The second-order valence-corrected chi connectivity index (χ2v) is 14.2. The summed E-state index contributed by atoms with van der Waals surface area (Å²) in [6, 6.07) is 16.0. The SMILES string of the molecule is CCCCCCc1ccsc1-c1sccc1-c1sccc1-c1sccc1-c1sccc1-c1cccs1. The van der Waals surface area contributed by atoms with Gasteiger partial charge in [0.05, 0.1) is 4.88 Å². The number of thiophene rings is 6. The van der Waals surface area contributed by atoms with E-state index in [-0.39, 0.29) is 0 Å². The molecule has 182 valence electrons. The van der Waals surface area contributed by atoms with Crippen LogP contribution < -0.4 is 0 Å². The first kappa shape index (κ1) is 24.5. The van der Waals surface area contributed by atoms with Crippen molar-refractivity contribution in [1.29, 1.82) is 0 Å². The van der Waals surface area contributed by atoms with Crippen LogP contribution in [0.4, 0.5) is 0 Å². The lowest BCUT2D eigenvalue weighted by molar-refractivity contribution is 0.668. The first-order valence-electron chi connectivity index (χ1n) is 12.3. The summed E-state index contributed by atoms with van der Waals surface area (Å²) in [5.74, 6) is 0. The Morgan fingerprint density at radius 1 is 0.472 bits per heavy atom. The van der Waals surface area contributed by atoms with E-state index in [0.717, 1.165) is 0 Å². The van der Waals surface area contributed by atoms with Gasteiger partial charge in [0.25, 0.3) is 0 Å². The minimum Gasteiger partial charge on any atom is -0.144 e. The van der Waals surface area contributed by atoms with Crippen molar-refractivity contribution in [2.75, 3.05) is 0 Å². The standard InChI is InChI=1S/C30H26S6/c1-2-3-4-5-7-20-9-15-32-26(20)30-24(13-19-36-30)29-23(12-18-35-29)28-22(11-17-34-28)27-21(10-16-33-27)25-8-6-14-31-25/h6,8-19H,2-5,7H2,1H3. The number of rotatable bonds is 10. The highest BCUT2D eigenvalue weighted by Gasteiger charge is 2.22. The van der Waals surface area contributed by atoms with Crippen LogP contribution in [0, 0.1) is 0 Å². The van der Waals surface area contributed by atoms with E-state index in [2.05, 4.69) is 81.7 Å². The molecule has 0 bridgehead atoms. The van der Waals surface area contributed by atoms with Gasteiger partial charge in [-0.2, -0.15) is 0 Å². The van der Waals surface area contributed by atoms with Gasteiger partial charge >= 0.3 is 0 Å². The van der Waals surface area contributed by atoms with Crippen LogP contribution in [0.25, 0.3) is 51.5 Å². The maximum atomic E-state index is 2.35. The molecule has 0 aliphatic carbocycles. The molecule has 0 saturated carbocycles. The van der Waals surface area contributed by atoms with Crippen molar-refractivity contribution >= 4 is 68.0 Å². The Kier molecular flexibility index (Phi) is 7.70. The fourth-order valence-electron chi connectivity index (χ4n) is 4.67. The third-order valence-corrected chi connectivity index (χ3v) is 12.2. The molecule has 0 atom stereocenters. The summed E-state index contributed by atoms with van der Waals surface area (Å²) in [6.07, 6.45) is 6.43. The number of aryl methyl sites for hydroxylation is 1. The van der Waals surface area contributed by atoms with Crippen LogP contribution in [0.1, 0.15) is 38.2 Å². The Balaban J connectivity index is 1.37. The molecule has 0 unspecified atom stereocenters. The van der Waals surface area contributed by atoms with Gasteiger partial charge in [-0.3, -0.25) is 0 Å². The molecule has 6 heterocycles. The van der Waals surface area contributed by atoms with Crippen molar-refractivity contribution < 1.29 is 0 Å². The zero-order chi connectivity index (χ0) is 24.3. The Morgan fingerprint density at radius 3 is 1.67 bits per heavy atom. The Labute approximate surface area is 237 Å². The maximum Gasteiger partial charge on any atom is 0.0532 e. The lowest BCUT2D eigenvalue weighted by atomic mass is 10.0. The van der Waals surface area contributed by atoms with Gasteiger partial charge < -0.3 is 0 Å². The molecule has 0 aromatic carbocycles. The minimum absolute atomic E-state index is 1.19. The number of unbranched alkanes of at least 4 members (excludes halogenated alkanes) is 3. The molecule has 0 aliphatic heterocycles. The van der Waals surface area contributed by atoms with Crippen molar-refractivity contribution in [1.82, 2.24) is 0 Å². The summed E-state index contributed by atoms with van der Waals surface area (Å²) in [7, 11) is 0. The van der Waals surface area contributed by atoms with Crippen molar-refractivity contribution in [3.8, 4) is 51.5 Å². The van der Waals surface area contributed by atoms with E-state index in [4.69, 9.17) is 0 Å². The van der Waals surface area contributed by atoms with Gasteiger partial charge in [0, 0.05) is 46.6 Å². The van der Waals surface area contributed by atoms with Crippen molar-refractivity contribution in [3.63, 3.8) is 0 Å². The Hall–Kier alpha value is -1.80. The van der Waals surface area contributed by atoms with Crippen LogP contribution in [0.5, 0.6) is 0 Å². The molecule has 0 radical (unpaired) electrons. The molecule has 0 spiro atoms. The highest BCUT2D eigenvalue weighted by Crippen LogP contribution is 2.51.